The van der Waals surface area contributed by atoms with Crippen LogP contribution in [0, 0.1) is 0 Å². The zero-order valence-corrected chi connectivity index (χ0v) is 28.2. The Bertz CT molecular complexity index is 1810. The summed E-state index contributed by atoms with van der Waals surface area (Å²) < 4.78 is 89.9. The number of ether oxygens (including phenoxy) is 1. The first-order valence-corrected chi connectivity index (χ1v) is 16.6. The van der Waals surface area contributed by atoms with Gasteiger partial charge in [-0.05, 0) is 55.9 Å². The number of anilines is 3. The smallest absolute Gasteiger partial charge is 0.416 e. The van der Waals surface area contributed by atoms with Crippen LogP contribution in [0.5, 0.6) is 0 Å². The molecular formula is C34H37F6N9O2. The van der Waals surface area contributed by atoms with Gasteiger partial charge >= 0.3 is 18.3 Å². The number of methoxy groups -OCH3 is 1. The van der Waals surface area contributed by atoms with Gasteiger partial charge in [-0.1, -0.05) is 6.92 Å². The molecule has 2 aliphatic heterocycles. The zero-order chi connectivity index (χ0) is 36.5. The monoisotopic (exact) mass is 717 g/mol. The van der Waals surface area contributed by atoms with E-state index in [1.54, 1.807) is 29.0 Å². The van der Waals surface area contributed by atoms with Crippen molar-refractivity contribution in [2.45, 2.75) is 70.0 Å². The SMILES string of the molecule is CCC1C[C@H](N(Cc2cc(C(F)(F)F)cc(C(F)(F)F)c2)c2ncc(-c3cnn(C)c3)cn2)CN1c1nc(N2CCCCC2)ncc1C(=O)OC. The molecule has 0 amide bonds. The van der Waals surface area contributed by atoms with E-state index in [-0.39, 0.29) is 42.3 Å². The number of rotatable bonds is 9. The van der Waals surface area contributed by atoms with Gasteiger partial charge in [0.1, 0.15) is 11.4 Å². The lowest BCUT2D eigenvalue weighted by Gasteiger charge is -2.31. The van der Waals surface area contributed by atoms with Crippen molar-refractivity contribution in [3.8, 4) is 11.1 Å². The van der Waals surface area contributed by atoms with E-state index in [2.05, 4.69) is 25.0 Å². The molecule has 4 aromatic rings. The Morgan fingerprint density at radius 1 is 0.922 bits per heavy atom. The third kappa shape index (κ3) is 7.86. The van der Waals surface area contributed by atoms with Crippen molar-refractivity contribution in [3.05, 3.63) is 71.4 Å². The van der Waals surface area contributed by atoms with Crippen LogP contribution in [0.15, 0.2) is 49.2 Å². The van der Waals surface area contributed by atoms with Gasteiger partial charge in [0, 0.05) is 75.2 Å². The Hall–Kier alpha value is -4.96. The molecular weight excluding hydrogens is 680 g/mol. The van der Waals surface area contributed by atoms with Gasteiger partial charge in [0.05, 0.1) is 30.5 Å². The molecule has 2 saturated heterocycles. The first kappa shape index (κ1) is 35.9. The summed E-state index contributed by atoms with van der Waals surface area (Å²) in [6.07, 6.45) is 1.92. The van der Waals surface area contributed by atoms with E-state index in [1.807, 2.05) is 11.8 Å². The van der Waals surface area contributed by atoms with Crippen molar-refractivity contribution < 1.29 is 35.9 Å². The highest BCUT2D eigenvalue weighted by Crippen LogP contribution is 2.38. The van der Waals surface area contributed by atoms with Gasteiger partial charge in [-0.2, -0.15) is 36.4 Å². The van der Waals surface area contributed by atoms with Crippen molar-refractivity contribution in [1.82, 2.24) is 29.7 Å². The highest BCUT2D eigenvalue weighted by atomic mass is 19.4. The molecule has 51 heavy (non-hydrogen) atoms. The van der Waals surface area contributed by atoms with Crippen LogP contribution in [0.2, 0.25) is 0 Å². The second kappa shape index (κ2) is 14.3. The van der Waals surface area contributed by atoms with Gasteiger partial charge in [0.25, 0.3) is 0 Å². The summed E-state index contributed by atoms with van der Waals surface area (Å²) >= 11 is 0. The third-order valence-electron chi connectivity index (χ3n) is 9.31. The molecule has 17 heteroatoms. The number of alkyl halides is 6. The summed E-state index contributed by atoms with van der Waals surface area (Å²) in [4.78, 5) is 37.0. The largest absolute Gasteiger partial charge is 0.465 e. The molecule has 0 spiro atoms. The molecule has 2 atom stereocenters. The Labute approximate surface area is 290 Å². The van der Waals surface area contributed by atoms with Crippen LogP contribution < -0.4 is 14.7 Å². The molecule has 3 aromatic heterocycles. The number of carbonyl (C=O) groups is 1. The third-order valence-corrected chi connectivity index (χ3v) is 9.31. The minimum absolute atomic E-state index is 0.111. The lowest BCUT2D eigenvalue weighted by atomic mass is 10.0. The summed E-state index contributed by atoms with van der Waals surface area (Å²) in [7, 11) is 3.01. The molecule has 0 aliphatic carbocycles. The molecule has 272 valence electrons. The number of aryl methyl sites for hydroxylation is 1. The molecule has 1 unspecified atom stereocenters. The Morgan fingerprint density at radius 2 is 1.59 bits per heavy atom. The molecule has 0 bridgehead atoms. The van der Waals surface area contributed by atoms with Crippen molar-refractivity contribution in [2.24, 2.45) is 7.05 Å². The number of hydrogen-bond acceptors (Lipinski definition) is 10. The van der Waals surface area contributed by atoms with Gasteiger partial charge in [-0.3, -0.25) is 4.68 Å². The topological polar surface area (TPSA) is 105 Å². The van der Waals surface area contributed by atoms with E-state index in [0.29, 0.717) is 30.2 Å². The number of halogens is 6. The predicted molar refractivity (Wildman–Crippen MR) is 176 cm³/mol. The lowest BCUT2D eigenvalue weighted by Crippen LogP contribution is -2.39. The van der Waals surface area contributed by atoms with Gasteiger partial charge < -0.3 is 19.4 Å². The average molecular weight is 718 g/mol. The van der Waals surface area contributed by atoms with E-state index >= 15 is 0 Å². The van der Waals surface area contributed by atoms with Crippen molar-refractivity contribution in [1.29, 1.82) is 0 Å². The van der Waals surface area contributed by atoms with Crippen LogP contribution in [0.4, 0.5) is 44.1 Å². The summed E-state index contributed by atoms with van der Waals surface area (Å²) in [5, 5.41) is 4.16. The molecule has 0 saturated carbocycles. The molecule has 1 aromatic carbocycles. The van der Waals surface area contributed by atoms with Crippen LogP contribution in [0.3, 0.4) is 0 Å². The fourth-order valence-electron chi connectivity index (χ4n) is 6.71. The average Bonchev–Trinajstić information content (AvgIpc) is 3.76. The summed E-state index contributed by atoms with van der Waals surface area (Å²) in [5.74, 6) is 0.284. The molecule has 0 radical (unpaired) electrons. The van der Waals surface area contributed by atoms with Gasteiger partial charge in [0.15, 0.2) is 0 Å². The van der Waals surface area contributed by atoms with Gasteiger partial charge in [-0.15, -0.1) is 0 Å². The minimum atomic E-state index is -5.01. The Balaban J connectivity index is 1.41. The highest BCUT2D eigenvalue weighted by Gasteiger charge is 2.40. The first-order chi connectivity index (χ1) is 24.2. The number of esters is 1. The standard InChI is InChI=1S/C34H37F6N9O2/c1-4-26-13-27(20-48(26)29-28(30(50)51-3)17-43-32(45-29)47-8-6-5-7-9-47)49(31-41-14-22(15-42-31)23-16-44-46(2)19-23)18-21-10-24(33(35,36)37)12-25(11-21)34(38,39)40/h10-12,14-17,19,26-27H,4-9,13,18,20H2,1-3H3/t26?,27-/m0/s1. The van der Waals surface area contributed by atoms with E-state index < -0.39 is 35.5 Å². The van der Waals surface area contributed by atoms with Gasteiger partial charge in [-0.25, -0.2) is 19.7 Å². The van der Waals surface area contributed by atoms with Crippen molar-refractivity contribution in [2.75, 3.05) is 41.4 Å². The van der Waals surface area contributed by atoms with Crippen LogP contribution in [-0.2, 0) is 30.7 Å². The molecule has 11 nitrogen and oxygen atoms in total. The molecule has 2 aliphatic rings. The maximum absolute atomic E-state index is 13.9. The first-order valence-electron chi connectivity index (χ1n) is 16.6. The van der Waals surface area contributed by atoms with E-state index in [0.717, 1.165) is 50.0 Å². The summed E-state index contributed by atoms with van der Waals surface area (Å²) in [6, 6.07) is 0.830. The molecule has 5 heterocycles. The number of hydrogen-bond donors (Lipinski definition) is 0. The van der Waals surface area contributed by atoms with E-state index in [9.17, 15) is 31.1 Å². The molecule has 0 N–H and O–H groups in total. The maximum atomic E-state index is 13.9. The summed E-state index contributed by atoms with van der Waals surface area (Å²) in [5.41, 5.74) is -1.53. The van der Waals surface area contributed by atoms with Crippen molar-refractivity contribution >= 4 is 23.7 Å². The number of benzene rings is 1. The quantitative estimate of drug-likeness (QED) is 0.140. The normalized spacial score (nSPS) is 18.3. The Kier molecular flexibility index (Phi) is 10.1. The second-order valence-corrected chi connectivity index (χ2v) is 12.8. The van der Waals surface area contributed by atoms with E-state index in [4.69, 9.17) is 9.72 Å². The number of carbonyl (C=O) groups excluding carboxylic acids is 1. The van der Waals surface area contributed by atoms with Crippen LogP contribution in [0.1, 0.15) is 66.1 Å². The highest BCUT2D eigenvalue weighted by molar-refractivity contribution is 5.94. The Morgan fingerprint density at radius 3 is 2.16 bits per heavy atom. The second-order valence-electron chi connectivity index (χ2n) is 12.8. The molecule has 6 rings (SSSR count). The van der Waals surface area contributed by atoms with Crippen LogP contribution >= 0.6 is 0 Å². The number of piperidine rings is 1. The number of nitrogens with zero attached hydrogens (tertiary/aromatic N) is 9. The number of aromatic nitrogens is 6. The maximum Gasteiger partial charge on any atom is 0.416 e. The summed E-state index contributed by atoms with van der Waals surface area (Å²) in [6.45, 7) is 3.32. The fourth-order valence-corrected chi connectivity index (χ4v) is 6.71. The molecule has 2 fully saturated rings. The van der Waals surface area contributed by atoms with Crippen LogP contribution in [0.25, 0.3) is 11.1 Å². The van der Waals surface area contributed by atoms with Gasteiger partial charge in [0.2, 0.25) is 11.9 Å². The zero-order valence-electron chi connectivity index (χ0n) is 28.2. The van der Waals surface area contributed by atoms with Crippen molar-refractivity contribution in [3.63, 3.8) is 0 Å². The lowest BCUT2D eigenvalue weighted by molar-refractivity contribution is -0.143. The minimum Gasteiger partial charge on any atom is -0.465 e. The van der Waals surface area contributed by atoms with Crippen LogP contribution in [-0.4, -0.2) is 74.5 Å². The fraction of sp³-hybridized carbons (Fsp3) is 0.471. The predicted octanol–water partition coefficient (Wildman–Crippen LogP) is 6.55. The van der Waals surface area contributed by atoms with E-state index in [1.165, 1.54) is 25.7 Å².